The van der Waals surface area contributed by atoms with Crippen LogP contribution < -0.4 is 0 Å². The van der Waals surface area contributed by atoms with Crippen LogP contribution in [0.2, 0.25) is 0 Å². The molecule has 4 atom stereocenters. The molecule has 274 valence electrons. The number of aromatic hydroxyl groups is 4. The van der Waals surface area contributed by atoms with Gasteiger partial charge in [-0.2, -0.15) is 0 Å². The summed E-state index contributed by atoms with van der Waals surface area (Å²) >= 11 is 0. The third-order valence-electron chi connectivity index (χ3n) is 10.5. The maximum absolute atomic E-state index is 12.8. The molecule has 4 aromatic rings. The molecule has 0 aromatic heterocycles. The zero-order valence-corrected chi connectivity index (χ0v) is 33.8. The van der Waals surface area contributed by atoms with E-state index in [1.807, 2.05) is 88.4 Å². The predicted molar refractivity (Wildman–Crippen MR) is 199 cm³/mol. The van der Waals surface area contributed by atoms with Gasteiger partial charge < -0.3 is 30.3 Å². The summed E-state index contributed by atoms with van der Waals surface area (Å²) in [7, 11) is 0. The van der Waals surface area contributed by atoms with Crippen molar-refractivity contribution in [1.82, 2.24) is 0 Å². The number of allylic oxidation sites excluding steroid dienone is 2. The minimum atomic E-state index is -0.934. The molecule has 0 spiro atoms. The molecule has 0 amide bonds. The molecular weight excluding hydrogens is 882 g/mol. The van der Waals surface area contributed by atoms with E-state index in [1.54, 1.807) is 24.3 Å². The molecule has 0 saturated heterocycles. The Kier molecular flexibility index (Phi) is 14.3. The van der Waals surface area contributed by atoms with Crippen LogP contribution >= 0.6 is 0 Å². The Morgan fingerprint density at radius 3 is 1.48 bits per heavy atom. The Balaban J connectivity index is 0.000000341. The van der Waals surface area contributed by atoms with Crippen LogP contribution in [0.4, 0.5) is 0 Å². The number of rotatable bonds is 9. The molecule has 2 aliphatic carbocycles. The Hall–Kier alpha value is -4.19. The molecular formula is C43H50O8U. The number of hydrogen-bond donors (Lipinski definition) is 5. The maximum atomic E-state index is 12.8. The van der Waals surface area contributed by atoms with Crippen LogP contribution in [-0.2, 0) is 19.7 Å². The zero-order valence-electron chi connectivity index (χ0n) is 29.7. The fourth-order valence-corrected chi connectivity index (χ4v) is 7.30. The van der Waals surface area contributed by atoms with E-state index < -0.39 is 29.2 Å². The second-order valence-electron chi connectivity index (χ2n) is 13.9. The van der Waals surface area contributed by atoms with Crippen molar-refractivity contribution in [2.24, 2.45) is 23.7 Å². The second kappa shape index (κ2) is 17.6. The first-order chi connectivity index (χ1) is 23.7. The van der Waals surface area contributed by atoms with Crippen molar-refractivity contribution in [3.05, 3.63) is 118 Å². The Morgan fingerprint density at radius 1 is 0.673 bits per heavy atom. The number of aryl methyl sites for hydroxylation is 4. The van der Waals surface area contributed by atoms with Gasteiger partial charge in [0.1, 0.15) is 23.0 Å². The minimum Gasteiger partial charge on any atom is -0.508 e. The van der Waals surface area contributed by atoms with Gasteiger partial charge in [0.25, 0.3) is 0 Å². The number of aliphatic carboxylic acids is 1. The molecule has 0 radical (unpaired) electrons. The van der Waals surface area contributed by atoms with Crippen molar-refractivity contribution in [1.29, 1.82) is 0 Å². The normalized spacial score (nSPS) is 18.4. The smallest absolute Gasteiger partial charge is 0.310 e. The van der Waals surface area contributed by atoms with E-state index in [2.05, 4.69) is 6.92 Å². The molecule has 4 aromatic carbocycles. The summed E-state index contributed by atoms with van der Waals surface area (Å²) in [5.41, 5.74) is 6.92. The largest absolute Gasteiger partial charge is 0.508 e. The van der Waals surface area contributed by atoms with Gasteiger partial charge in [-0.05, 0) is 140 Å². The summed E-state index contributed by atoms with van der Waals surface area (Å²) in [6, 6.07) is 22.1. The third kappa shape index (κ3) is 9.05. The average molecular weight is 933 g/mol. The molecule has 4 unspecified atom stereocenters. The number of esters is 1. The fraction of sp³-hybridized carbons (Fsp3) is 0.349. The number of fused-ring (bicyclic) bond motifs is 2. The van der Waals surface area contributed by atoms with Gasteiger partial charge in [-0.25, -0.2) is 0 Å². The molecule has 6 rings (SSSR count). The Bertz CT molecular complexity index is 1830. The zero-order chi connectivity index (χ0) is 36.3. The van der Waals surface area contributed by atoms with Gasteiger partial charge in [0.15, 0.2) is 0 Å². The first kappa shape index (κ1) is 42.2. The van der Waals surface area contributed by atoms with Crippen molar-refractivity contribution in [2.75, 3.05) is 6.61 Å². The standard InChI is InChI=1S/C28H32O6.C14H14O2.CH4.U/c1-16-13-20(7-9-22(16)29)28(3,21-8-10-23(30)17(2)14-21)11-4-12-34-27(33)25-19-6-5-18(15-19)24(25)26(31)32;1-9-7-11(3-5-13(9)15)12-4-6-14(16)10(2)8-12;;/h5-10,13-14,18-19,24-25,29-30H,4,11-12,15H2,1-3H3,(H,31,32);3-8,15-16H,1-2H3;1H4;. The summed E-state index contributed by atoms with van der Waals surface area (Å²) in [5.74, 6) is -1.74. The number of benzene rings is 4. The quantitative estimate of drug-likeness (QED) is 0.0637. The summed E-state index contributed by atoms with van der Waals surface area (Å²) < 4.78 is 5.60. The van der Waals surface area contributed by atoms with Crippen molar-refractivity contribution in [3.63, 3.8) is 0 Å². The van der Waals surface area contributed by atoms with Crippen LogP contribution in [0.5, 0.6) is 23.0 Å². The molecule has 5 N–H and O–H groups in total. The van der Waals surface area contributed by atoms with Crippen LogP contribution in [0.3, 0.4) is 0 Å². The molecule has 9 heteroatoms. The SMILES string of the molecule is C.Cc1cc(-c2ccc(O)c(C)c2)ccc1O.Cc1cc(C(C)(CCCOC(=O)C2C3C=CC(C3)C2C(=O)O)c2ccc(O)c(C)c2)ccc1O.[U]. The number of carboxylic acid groups (broad SMARTS) is 1. The van der Waals surface area contributed by atoms with Gasteiger partial charge in [0, 0.05) is 36.5 Å². The Morgan fingerprint density at radius 2 is 1.08 bits per heavy atom. The number of phenols is 4. The van der Waals surface area contributed by atoms with Crippen LogP contribution in [0.25, 0.3) is 11.1 Å². The van der Waals surface area contributed by atoms with E-state index >= 15 is 0 Å². The molecule has 8 nitrogen and oxygen atoms in total. The monoisotopic (exact) mass is 932 g/mol. The van der Waals surface area contributed by atoms with Crippen molar-refractivity contribution in [2.45, 2.75) is 66.7 Å². The number of carbonyl (C=O) groups is 2. The van der Waals surface area contributed by atoms with Gasteiger partial charge in [-0.1, -0.05) is 62.9 Å². The summed E-state index contributed by atoms with van der Waals surface area (Å²) in [4.78, 5) is 24.5. The van der Waals surface area contributed by atoms with E-state index in [1.165, 1.54) is 0 Å². The first-order valence-corrected chi connectivity index (χ1v) is 17.0. The fourth-order valence-electron chi connectivity index (χ4n) is 7.30. The number of phenolic OH excluding ortho intramolecular Hbond substituents is 4. The molecule has 2 bridgehead atoms. The van der Waals surface area contributed by atoms with Gasteiger partial charge in [-0.15, -0.1) is 0 Å². The molecule has 1 fully saturated rings. The third-order valence-corrected chi connectivity index (χ3v) is 10.5. The number of carboxylic acids is 1. The van der Waals surface area contributed by atoms with Gasteiger partial charge in [0.05, 0.1) is 18.4 Å². The van der Waals surface area contributed by atoms with E-state index in [0.29, 0.717) is 30.8 Å². The van der Waals surface area contributed by atoms with Crippen molar-refractivity contribution >= 4 is 11.9 Å². The van der Waals surface area contributed by atoms with Crippen LogP contribution in [-0.4, -0.2) is 44.1 Å². The molecule has 52 heavy (non-hydrogen) atoms. The summed E-state index contributed by atoms with van der Waals surface area (Å²) in [5, 5.41) is 48.5. The second-order valence-corrected chi connectivity index (χ2v) is 13.9. The van der Waals surface area contributed by atoms with Crippen LogP contribution in [0, 0.1) is 82.5 Å². The van der Waals surface area contributed by atoms with E-state index in [0.717, 1.165) is 44.5 Å². The summed E-state index contributed by atoms with van der Waals surface area (Å²) in [6.07, 6.45) is 5.81. The van der Waals surface area contributed by atoms with E-state index in [4.69, 9.17) is 4.74 Å². The topological polar surface area (TPSA) is 145 Å². The van der Waals surface area contributed by atoms with Gasteiger partial charge >= 0.3 is 11.9 Å². The Labute approximate surface area is 330 Å². The number of ether oxygens (including phenoxy) is 1. The molecule has 2 aliphatic rings. The van der Waals surface area contributed by atoms with Crippen LogP contribution in [0.15, 0.2) is 84.9 Å². The van der Waals surface area contributed by atoms with Crippen molar-refractivity contribution in [3.8, 4) is 34.1 Å². The molecule has 0 aliphatic heterocycles. The van der Waals surface area contributed by atoms with E-state index in [-0.39, 0.29) is 68.5 Å². The maximum Gasteiger partial charge on any atom is 0.310 e. The average Bonchev–Trinajstić information content (AvgIpc) is 3.71. The van der Waals surface area contributed by atoms with E-state index in [9.17, 15) is 35.1 Å². The summed E-state index contributed by atoms with van der Waals surface area (Å²) in [6.45, 7) is 9.75. The number of carbonyl (C=O) groups excluding carboxylic acids is 1. The van der Waals surface area contributed by atoms with Crippen LogP contribution in [0.1, 0.15) is 67.0 Å². The number of hydrogen-bond acceptors (Lipinski definition) is 7. The molecule has 1 saturated carbocycles. The first-order valence-electron chi connectivity index (χ1n) is 17.0. The van der Waals surface area contributed by atoms with Crippen molar-refractivity contribution < 1.29 is 71.0 Å². The predicted octanol–water partition coefficient (Wildman–Crippen LogP) is 8.88. The van der Waals surface area contributed by atoms with Gasteiger partial charge in [-0.3, -0.25) is 9.59 Å². The molecule has 0 heterocycles. The minimum absolute atomic E-state index is 0. The van der Waals surface area contributed by atoms with Gasteiger partial charge in [0.2, 0.25) is 0 Å².